The molecule has 5 nitrogen and oxygen atoms in total. The van der Waals surface area contributed by atoms with Crippen molar-refractivity contribution in [1.82, 2.24) is 9.97 Å². The predicted octanol–water partition coefficient (Wildman–Crippen LogP) is 7.27. The molecule has 0 radical (unpaired) electrons. The zero-order chi connectivity index (χ0) is 25.9. The maximum atomic E-state index is 13.9. The lowest BCUT2D eigenvalue weighted by Gasteiger charge is -2.29. The molecule has 0 atom stereocenters. The number of anilines is 3. The van der Waals surface area contributed by atoms with E-state index in [1.165, 1.54) is 31.7 Å². The summed E-state index contributed by atoms with van der Waals surface area (Å²) in [5, 5.41) is 1.58. The smallest absolute Gasteiger partial charge is 0.137 e. The molecule has 2 aromatic heterocycles. The number of halogens is 3. The average Bonchev–Trinajstić information content (AvgIpc) is 2.91. The molecule has 0 unspecified atom stereocenters. The second kappa shape index (κ2) is 11.1. The van der Waals surface area contributed by atoms with Crippen LogP contribution in [0, 0.1) is 18.6 Å². The molecule has 2 fully saturated rings. The van der Waals surface area contributed by atoms with Crippen molar-refractivity contribution in [2.75, 3.05) is 41.7 Å². The molecule has 6 rings (SSSR count). The third kappa shape index (κ3) is 5.42. The van der Waals surface area contributed by atoms with Gasteiger partial charge in [-0.15, -0.1) is 0 Å². The van der Waals surface area contributed by atoms with Gasteiger partial charge >= 0.3 is 0 Å². The normalized spacial score (nSPS) is 16.1. The first kappa shape index (κ1) is 25.5. The third-order valence-corrected chi connectivity index (χ3v) is 7.69. The van der Waals surface area contributed by atoms with Crippen molar-refractivity contribution in [3.05, 3.63) is 64.7 Å². The summed E-state index contributed by atoms with van der Waals surface area (Å²) in [5.74, 6) is 0.478. The first-order valence-corrected chi connectivity index (χ1v) is 13.4. The number of nitrogens with zero attached hydrogens (tertiary/aromatic N) is 4. The summed E-state index contributed by atoms with van der Waals surface area (Å²) in [4.78, 5) is 13.6. The minimum atomic E-state index is -0.661. The number of nitrogen functional groups attached to an aromatic ring is 1. The van der Waals surface area contributed by atoms with Crippen LogP contribution in [0.25, 0.3) is 21.8 Å². The van der Waals surface area contributed by atoms with E-state index in [9.17, 15) is 8.78 Å². The minimum absolute atomic E-state index is 0.200. The van der Waals surface area contributed by atoms with Gasteiger partial charge in [0.2, 0.25) is 0 Å². The van der Waals surface area contributed by atoms with Gasteiger partial charge in [0.25, 0.3) is 0 Å². The fourth-order valence-corrected chi connectivity index (χ4v) is 5.51. The lowest BCUT2D eigenvalue weighted by atomic mass is 10.1. The molecule has 2 N–H and O–H groups in total. The number of rotatable bonds is 2. The number of benzene rings is 2. The van der Waals surface area contributed by atoms with E-state index in [1.807, 2.05) is 37.3 Å². The Hall–Kier alpha value is -3.19. The molecule has 4 aromatic rings. The standard InChI is InChI=1S/C15H15ClF2N2.C14H17N3/c1-9-14(16)13-11(18)7-10(17)8-12(13)19-15(9)20-5-3-2-4-6-20;15-12-10-14(17-8-4-1-5-9-17)16-13-7-3-2-6-11(12)13/h7-8H,2-6H2,1H3;2-3,6-7,10H,1,4-5,8-9H2,(H2,15,16). The van der Waals surface area contributed by atoms with Gasteiger partial charge in [-0.1, -0.05) is 29.8 Å². The second-order valence-corrected chi connectivity index (χ2v) is 10.2. The monoisotopic (exact) mass is 523 g/mol. The highest BCUT2D eigenvalue weighted by atomic mass is 35.5. The number of pyridine rings is 2. The van der Waals surface area contributed by atoms with Gasteiger partial charge in [-0.05, 0) is 51.5 Å². The fraction of sp³-hybridized carbons (Fsp3) is 0.379. The molecular formula is C29H32ClF2N5. The van der Waals surface area contributed by atoms with Crippen LogP contribution in [0.2, 0.25) is 5.02 Å². The molecule has 2 aliphatic heterocycles. The summed E-state index contributed by atoms with van der Waals surface area (Å²) >= 11 is 6.28. The number of para-hydroxylation sites is 1. The van der Waals surface area contributed by atoms with Crippen molar-refractivity contribution in [2.24, 2.45) is 0 Å². The van der Waals surface area contributed by atoms with E-state index in [2.05, 4.69) is 14.8 Å². The van der Waals surface area contributed by atoms with Gasteiger partial charge in [0, 0.05) is 61.0 Å². The van der Waals surface area contributed by atoms with Gasteiger partial charge in [0.05, 0.1) is 21.4 Å². The van der Waals surface area contributed by atoms with E-state index in [0.717, 1.165) is 78.9 Å². The minimum Gasteiger partial charge on any atom is -0.398 e. The zero-order valence-electron chi connectivity index (χ0n) is 21.1. The van der Waals surface area contributed by atoms with Crippen LogP contribution in [0.3, 0.4) is 0 Å². The van der Waals surface area contributed by atoms with Crippen molar-refractivity contribution < 1.29 is 8.78 Å². The van der Waals surface area contributed by atoms with Crippen molar-refractivity contribution in [3.8, 4) is 0 Å². The number of fused-ring (bicyclic) bond motifs is 2. The predicted molar refractivity (Wildman–Crippen MR) is 150 cm³/mol. The van der Waals surface area contributed by atoms with E-state index in [0.29, 0.717) is 5.02 Å². The van der Waals surface area contributed by atoms with E-state index >= 15 is 0 Å². The highest BCUT2D eigenvalue weighted by Crippen LogP contribution is 2.35. The molecular weight excluding hydrogens is 492 g/mol. The van der Waals surface area contributed by atoms with Crippen LogP contribution >= 0.6 is 11.6 Å². The second-order valence-electron chi connectivity index (χ2n) is 9.84. The first-order valence-electron chi connectivity index (χ1n) is 13.0. The molecule has 0 bridgehead atoms. The molecule has 0 amide bonds. The van der Waals surface area contributed by atoms with E-state index in [4.69, 9.17) is 22.3 Å². The number of nitrogens with two attached hydrogens (primary N) is 1. The fourth-order valence-electron chi connectivity index (χ4n) is 5.24. The SMILES string of the molecule is Cc1c(N2CCCCC2)nc2cc(F)cc(F)c2c1Cl.Nc1cc(N2CCCCC2)nc2ccccc12. The molecule has 8 heteroatoms. The van der Waals surface area contributed by atoms with E-state index < -0.39 is 11.6 Å². The van der Waals surface area contributed by atoms with Crippen LogP contribution in [0.1, 0.15) is 44.1 Å². The maximum Gasteiger partial charge on any atom is 0.137 e. The van der Waals surface area contributed by atoms with Gasteiger partial charge < -0.3 is 15.5 Å². The van der Waals surface area contributed by atoms with Crippen LogP contribution in [-0.2, 0) is 0 Å². The molecule has 0 aliphatic carbocycles. The maximum absolute atomic E-state index is 13.9. The molecule has 0 saturated carbocycles. The van der Waals surface area contributed by atoms with Crippen LogP contribution in [-0.4, -0.2) is 36.1 Å². The number of hydrogen-bond acceptors (Lipinski definition) is 5. The highest BCUT2D eigenvalue weighted by Gasteiger charge is 2.20. The Morgan fingerprint density at radius 1 is 0.811 bits per heavy atom. The lowest BCUT2D eigenvalue weighted by Crippen LogP contribution is -2.30. The molecule has 2 aliphatic rings. The summed E-state index contributed by atoms with van der Waals surface area (Å²) in [7, 11) is 0. The molecule has 2 saturated heterocycles. The quantitative estimate of drug-likeness (QED) is 0.299. The summed E-state index contributed by atoms with van der Waals surface area (Å²) in [6.45, 7) is 5.86. The molecule has 0 spiro atoms. The average molecular weight is 524 g/mol. The van der Waals surface area contributed by atoms with Crippen molar-refractivity contribution in [1.29, 1.82) is 0 Å². The number of aromatic nitrogens is 2. The Bertz CT molecular complexity index is 1420. The van der Waals surface area contributed by atoms with Gasteiger partial charge in [-0.2, -0.15) is 0 Å². The Morgan fingerprint density at radius 2 is 1.46 bits per heavy atom. The Balaban J connectivity index is 0.000000153. The summed E-state index contributed by atoms with van der Waals surface area (Å²) in [6.07, 6.45) is 7.27. The van der Waals surface area contributed by atoms with E-state index in [1.54, 1.807) is 0 Å². The first-order chi connectivity index (χ1) is 17.9. The van der Waals surface area contributed by atoms with Gasteiger partial charge in [0.15, 0.2) is 0 Å². The topological polar surface area (TPSA) is 58.3 Å². The highest BCUT2D eigenvalue weighted by molar-refractivity contribution is 6.36. The Kier molecular flexibility index (Phi) is 7.60. The summed E-state index contributed by atoms with van der Waals surface area (Å²) < 4.78 is 27.3. The lowest BCUT2D eigenvalue weighted by molar-refractivity contribution is 0.572. The zero-order valence-corrected chi connectivity index (χ0v) is 21.9. The van der Waals surface area contributed by atoms with Crippen molar-refractivity contribution in [3.63, 3.8) is 0 Å². The van der Waals surface area contributed by atoms with Crippen molar-refractivity contribution >= 4 is 50.7 Å². The molecule has 194 valence electrons. The molecule has 2 aromatic carbocycles. The Labute approximate surface area is 221 Å². The van der Waals surface area contributed by atoms with Crippen LogP contribution in [0.5, 0.6) is 0 Å². The van der Waals surface area contributed by atoms with E-state index in [-0.39, 0.29) is 10.9 Å². The Morgan fingerprint density at radius 3 is 2.16 bits per heavy atom. The van der Waals surface area contributed by atoms with Gasteiger partial charge in [-0.25, -0.2) is 18.7 Å². The van der Waals surface area contributed by atoms with Crippen LogP contribution in [0.15, 0.2) is 42.5 Å². The molecule has 37 heavy (non-hydrogen) atoms. The van der Waals surface area contributed by atoms with Gasteiger partial charge in [0.1, 0.15) is 23.3 Å². The van der Waals surface area contributed by atoms with Crippen LogP contribution in [0.4, 0.5) is 26.1 Å². The number of piperidine rings is 2. The third-order valence-electron chi connectivity index (χ3n) is 7.21. The summed E-state index contributed by atoms with van der Waals surface area (Å²) in [6, 6.07) is 12.1. The molecule has 4 heterocycles. The van der Waals surface area contributed by atoms with Crippen LogP contribution < -0.4 is 15.5 Å². The van der Waals surface area contributed by atoms with Crippen molar-refractivity contribution in [2.45, 2.75) is 45.4 Å². The van der Waals surface area contributed by atoms with Gasteiger partial charge in [-0.3, -0.25) is 0 Å². The number of hydrogen-bond donors (Lipinski definition) is 1. The largest absolute Gasteiger partial charge is 0.398 e. The summed E-state index contributed by atoms with van der Waals surface area (Å²) in [5.41, 5.74) is 8.95.